The molecule has 0 aliphatic carbocycles. The quantitative estimate of drug-likeness (QED) is 0.859. The monoisotopic (exact) mass is 230 g/mol. The molecule has 0 unspecified atom stereocenters. The van der Waals surface area contributed by atoms with Crippen molar-refractivity contribution < 1.29 is 0 Å². The predicted octanol–water partition coefficient (Wildman–Crippen LogP) is 3.43. The Kier molecular flexibility index (Phi) is 3.15. The molecular formula is C13H14N2S. The van der Waals surface area contributed by atoms with Crippen molar-refractivity contribution in [3.8, 4) is 0 Å². The van der Waals surface area contributed by atoms with Crippen LogP contribution in [-0.2, 0) is 0 Å². The summed E-state index contributed by atoms with van der Waals surface area (Å²) in [6.45, 7) is 4.23. The Morgan fingerprint density at radius 3 is 2.62 bits per heavy atom. The minimum atomic E-state index is 0.565. The first kappa shape index (κ1) is 11.0. The molecule has 3 heteroatoms. The Labute approximate surface area is 99.9 Å². The van der Waals surface area contributed by atoms with Gasteiger partial charge in [0.25, 0.3) is 0 Å². The zero-order valence-electron chi connectivity index (χ0n) is 9.40. The molecule has 0 aliphatic heterocycles. The highest BCUT2D eigenvalue weighted by Gasteiger charge is 2.01. The van der Waals surface area contributed by atoms with Crippen LogP contribution in [-0.4, -0.2) is 4.98 Å². The number of nitrogen functional groups attached to an aromatic ring is 1. The average Bonchev–Trinajstić information content (AvgIpc) is 2.22. The zero-order valence-corrected chi connectivity index (χ0v) is 10.2. The Hall–Kier alpha value is -1.48. The Morgan fingerprint density at radius 2 is 1.94 bits per heavy atom. The molecule has 82 valence electrons. The number of hydrogen-bond donors (Lipinski definition) is 1. The van der Waals surface area contributed by atoms with Crippen LogP contribution >= 0.6 is 11.8 Å². The first-order valence-corrected chi connectivity index (χ1v) is 5.93. The van der Waals surface area contributed by atoms with Crippen molar-refractivity contribution in [1.29, 1.82) is 0 Å². The van der Waals surface area contributed by atoms with Crippen molar-refractivity contribution in [2.24, 2.45) is 0 Å². The van der Waals surface area contributed by atoms with E-state index in [9.17, 15) is 0 Å². The molecule has 2 aromatic rings. The maximum Gasteiger partial charge on any atom is 0.124 e. The third-order valence-electron chi connectivity index (χ3n) is 2.31. The fourth-order valence-corrected chi connectivity index (χ4v) is 2.45. The fraction of sp³-hybridized carbons (Fsp3) is 0.154. The smallest absolute Gasteiger partial charge is 0.124 e. The normalized spacial score (nSPS) is 10.4. The SMILES string of the molecule is Cc1ccc(Sc2ccnc(N)c2)c(C)c1. The van der Waals surface area contributed by atoms with Crippen molar-refractivity contribution in [2.75, 3.05) is 5.73 Å². The molecule has 0 radical (unpaired) electrons. The molecule has 16 heavy (non-hydrogen) atoms. The first-order chi connectivity index (χ1) is 7.65. The van der Waals surface area contributed by atoms with Gasteiger partial charge in [-0.2, -0.15) is 0 Å². The molecule has 2 rings (SSSR count). The number of hydrogen-bond acceptors (Lipinski definition) is 3. The summed E-state index contributed by atoms with van der Waals surface area (Å²) in [5.41, 5.74) is 8.23. The summed E-state index contributed by atoms with van der Waals surface area (Å²) in [7, 11) is 0. The van der Waals surface area contributed by atoms with Crippen molar-refractivity contribution in [2.45, 2.75) is 23.6 Å². The molecular weight excluding hydrogens is 216 g/mol. The van der Waals surface area contributed by atoms with Crippen molar-refractivity contribution in [3.63, 3.8) is 0 Å². The molecule has 1 aromatic heterocycles. The molecule has 0 saturated carbocycles. The van der Waals surface area contributed by atoms with Crippen LogP contribution in [0.15, 0.2) is 46.3 Å². The molecule has 0 spiro atoms. The zero-order chi connectivity index (χ0) is 11.5. The van der Waals surface area contributed by atoms with Gasteiger partial charge in [0, 0.05) is 16.0 Å². The molecule has 2 N–H and O–H groups in total. The van der Waals surface area contributed by atoms with Crippen LogP contribution in [0.1, 0.15) is 11.1 Å². The molecule has 0 saturated heterocycles. The molecule has 0 atom stereocenters. The summed E-state index contributed by atoms with van der Waals surface area (Å²) in [6.07, 6.45) is 1.74. The van der Waals surface area contributed by atoms with E-state index in [0.717, 1.165) is 4.90 Å². The van der Waals surface area contributed by atoms with Gasteiger partial charge in [0.1, 0.15) is 5.82 Å². The number of anilines is 1. The number of pyridine rings is 1. The third kappa shape index (κ3) is 2.55. The van der Waals surface area contributed by atoms with E-state index in [2.05, 4.69) is 37.0 Å². The number of nitrogens with zero attached hydrogens (tertiary/aromatic N) is 1. The van der Waals surface area contributed by atoms with E-state index >= 15 is 0 Å². The topological polar surface area (TPSA) is 38.9 Å². The van der Waals surface area contributed by atoms with Gasteiger partial charge >= 0.3 is 0 Å². The van der Waals surface area contributed by atoms with Crippen LogP contribution in [0, 0.1) is 13.8 Å². The maximum atomic E-state index is 5.65. The lowest BCUT2D eigenvalue weighted by Gasteiger charge is -2.06. The number of rotatable bonds is 2. The van der Waals surface area contributed by atoms with Gasteiger partial charge in [-0.05, 0) is 37.6 Å². The van der Waals surface area contributed by atoms with E-state index in [1.165, 1.54) is 16.0 Å². The van der Waals surface area contributed by atoms with Gasteiger partial charge in [-0.25, -0.2) is 4.98 Å². The summed E-state index contributed by atoms with van der Waals surface area (Å²) in [5.74, 6) is 0.565. The number of aromatic nitrogens is 1. The van der Waals surface area contributed by atoms with E-state index in [4.69, 9.17) is 5.73 Å². The van der Waals surface area contributed by atoms with E-state index in [1.807, 2.05) is 12.1 Å². The molecule has 0 amide bonds. The predicted molar refractivity (Wildman–Crippen MR) is 68.7 cm³/mol. The van der Waals surface area contributed by atoms with Gasteiger partial charge in [-0.15, -0.1) is 0 Å². The summed E-state index contributed by atoms with van der Waals surface area (Å²) < 4.78 is 0. The van der Waals surface area contributed by atoms with Crippen molar-refractivity contribution in [1.82, 2.24) is 4.98 Å². The summed E-state index contributed by atoms with van der Waals surface area (Å²) in [5, 5.41) is 0. The van der Waals surface area contributed by atoms with Gasteiger partial charge in [-0.3, -0.25) is 0 Å². The Morgan fingerprint density at radius 1 is 1.12 bits per heavy atom. The number of benzene rings is 1. The molecule has 0 aliphatic rings. The first-order valence-electron chi connectivity index (χ1n) is 5.12. The fourth-order valence-electron chi connectivity index (χ4n) is 1.53. The van der Waals surface area contributed by atoms with Crippen LogP contribution in [0.3, 0.4) is 0 Å². The highest BCUT2D eigenvalue weighted by atomic mass is 32.2. The maximum absolute atomic E-state index is 5.65. The number of nitrogens with two attached hydrogens (primary N) is 1. The summed E-state index contributed by atoms with van der Waals surface area (Å²) >= 11 is 1.72. The largest absolute Gasteiger partial charge is 0.384 e. The van der Waals surface area contributed by atoms with Crippen LogP contribution in [0.2, 0.25) is 0 Å². The molecule has 0 bridgehead atoms. The second-order valence-electron chi connectivity index (χ2n) is 3.79. The van der Waals surface area contributed by atoms with Crippen LogP contribution in [0.25, 0.3) is 0 Å². The van der Waals surface area contributed by atoms with E-state index in [1.54, 1.807) is 18.0 Å². The summed E-state index contributed by atoms with van der Waals surface area (Å²) in [6, 6.07) is 10.3. The van der Waals surface area contributed by atoms with Gasteiger partial charge < -0.3 is 5.73 Å². The van der Waals surface area contributed by atoms with Crippen molar-refractivity contribution >= 4 is 17.6 Å². The Bertz CT molecular complexity index is 509. The van der Waals surface area contributed by atoms with E-state index in [0.29, 0.717) is 5.82 Å². The van der Waals surface area contributed by atoms with Gasteiger partial charge in [0.2, 0.25) is 0 Å². The molecule has 0 fully saturated rings. The average molecular weight is 230 g/mol. The minimum Gasteiger partial charge on any atom is -0.384 e. The van der Waals surface area contributed by atoms with Crippen LogP contribution in [0.5, 0.6) is 0 Å². The second-order valence-corrected chi connectivity index (χ2v) is 4.90. The van der Waals surface area contributed by atoms with Crippen molar-refractivity contribution in [3.05, 3.63) is 47.7 Å². The third-order valence-corrected chi connectivity index (χ3v) is 3.48. The molecule has 1 aromatic carbocycles. The standard InChI is InChI=1S/C13H14N2S/c1-9-3-4-12(10(2)7-9)16-11-5-6-15-13(14)8-11/h3-8H,1-2H3,(H2,14,15). The lowest BCUT2D eigenvalue weighted by molar-refractivity contribution is 1.24. The van der Waals surface area contributed by atoms with Gasteiger partial charge in [0.15, 0.2) is 0 Å². The highest BCUT2D eigenvalue weighted by molar-refractivity contribution is 7.99. The minimum absolute atomic E-state index is 0.565. The van der Waals surface area contributed by atoms with E-state index in [-0.39, 0.29) is 0 Å². The molecule has 1 heterocycles. The van der Waals surface area contributed by atoms with Crippen LogP contribution in [0.4, 0.5) is 5.82 Å². The lowest BCUT2D eigenvalue weighted by atomic mass is 10.2. The number of aryl methyl sites for hydroxylation is 2. The lowest BCUT2D eigenvalue weighted by Crippen LogP contribution is -1.88. The Balaban J connectivity index is 2.27. The van der Waals surface area contributed by atoms with E-state index < -0.39 is 0 Å². The highest BCUT2D eigenvalue weighted by Crippen LogP contribution is 2.30. The van der Waals surface area contributed by atoms with Crippen LogP contribution < -0.4 is 5.73 Å². The van der Waals surface area contributed by atoms with Gasteiger partial charge in [-0.1, -0.05) is 29.5 Å². The second kappa shape index (κ2) is 4.58. The van der Waals surface area contributed by atoms with Gasteiger partial charge in [0.05, 0.1) is 0 Å². The molecule has 2 nitrogen and oxygen atoms in total. The summed E-state index contributed by atoms with van der Waals surface area (Å²) in [4.78, 5) is 6.37.